The number of nitrogens with zero attached hydrogens (tertiary/aromatic N) is 3. The number of rotatable bonds is 3. The molecule has 1 atom stereocenters. The van der Waals surface area contributed by atoms with Gasteiger partial charge in [0.1, 0.15) is 6.04 Å². The fourth-order valence-electron chi connectivity index (χ4n) is 3.65. The normalized spacial score (nSPS) is 16.0. The van der Waals surface area contributed by atoms with Crippen LogP contribution in [0.1, 0.15) is 27.7 Å². The summed E-state index contributed by atoms with van der Waals surface area (Å²) in [5, 5.41) is 12.1. The molecule has 1 aliphatic heterocycles. The Hall–Kier alpha value is -3.03. The predicted molar refractivity (Wildman–Crippen MR) is 105 cm³/mol. The van der Waals surface area contributed by atoms with E-state index in [1.807, 2.05) is 40.6 Å². The lowest BCUT2D eigenvalue weighted by Crippen LogP contribution is -2.24. The largest absolute Gasteiger partial charge is 0.392 e. The molecule has 4 heterocycles. The Morgan fingerprint density at radius 1 is 1.22 bits per heavy atom. The van der Waals surface area contributed by atoms with Crippen LogP contribution in [0.5, 0.6) is 0 Å². The molecule has 1 aliphatic rings. The number of hydrogen-bond donors (Lipinski definition) is 2. The van der Waals surface area contributed by atoms with Crippen molar-refractivity contribution in [3.63, 3.8) is 0 Å². The number of aromatic nitrogens is 3. The molecule has 0 radical (unpaired) electrons. The van der Waals surface area contributed by atoms with Crippen molar-refractivity contribution >= 4 is 28.2 Å². The van der Waals surface area contributed by atoms with Crippen LogP contribution in [-0.4, -0.2) is 20.1 Å². The molecular weight excluding hydrogens is 360 g/mol. The van der Waals surface area contributed by atoms with Crippen LogP contribution in [0.15, 0.2) is 59.0 Å². The Balaban J connectivity index is 1.75. The highest BCUT2D eigenvalue weighted by Crippen LogP contribution is 2.41. The van der Waals surface area contributed by atoms with Gasteiger partial charge in [-0.3, -0.25) is 4.79 Å². The van der Waals surface area contributed by atoms with Gasteiger partial charge < -0.3 is 15.0 Å². The van der Waals surface area contributed by atoms with E-state index in [-0.39, 0.29) is 18.1 Å². The zero-order valence-corrected chi connectivity index (χ0v) is 15.1. The summed E-state index contributed by atoms with van der Waals surface area (Å²) in [6, 6.07) is 11.1. The number of fused-ring (bicyclic) bond motifs is 2. The Kier molecular flexibility index (Phi) is 3.77. The molecular formula is C20H16N4O2S. The summed E-state index contributed by atoms with van der Waals surface area (Å²) >= 11 is 1.57. The van der Waals surface area contributed by atoms with E-state index < -0.39 is 0 Å². The topological polar surface area (TPSA) is 82.1 Å². The summed E-state index contributed by atoms with van der Waals surface area (Å²) in [5.74, 6) is 0.578. The Morgan fingerprint density at radius 2 is 2.04 bits per heavy atom. The van der Waals surface area contributed by atoms with E-state index in [0.717, 1.165) is 27.2 Å². The first kappa shape index (κ1) is 16.2. The van der Waals surface area contributed by atoms with Gasteiger partial charge in [-0.15, -0.1) is 11.3 Å². The molecule has 4 aromatic rings. The molecule has 0 saturated carbocycles. The number of para-hydroxylation sites is 1. The highest BCUT2D eigenvalue weighted by Gasteiger charge is 2.37. The zero-order chi connectivity index (χ0) is 18.4. The number of hydrogen-bond acceptors (Lipinski definition) is 6. The van der Waals surface area contributed by atoms with Crippen LogP contribution in [0.3, 0.4) is 0 Å². The van der Waals surface area contributed by atoms with Gasteiger partial charge in [0.2, 0.25) is 5.95 Å². The third-order valence-electron chi connectivity index (χ3n) is 4.89. The van der Waals surface area contributed by atoms with Crippen molar-refractivity contribution in [2.24, 2.45) is 0 Å². The van der Waals surface area contributed by atoms with Crippen LogP contribution in [-0.2, 0) is 13.2 Å². The van der Waals surface area contributed by atoms with Crippen molar-refractivity contribution in [1.82, 2.24) is 15.0 Å². The summed E-state index contributed by atoms with van der Waals surface area (Å²) in [7, 11) is 0. The van der Waals surface area contributed by atoms with Crippen molar-refractivity contribution in [2.45, 2.75) is 19.2 Å². The van der Waals surface area contributed by atoms with Crippen molar-refractivity contribution < 1.29 is 5.11 Å². The lowest BCUT2D eigenvalue weighted by Gasteiger charge is -2.23. The lowest BCUT2D eigenvalue weighted by atomic mass is 10.1. The van der Waals surface area contributed by atoms with Gasteiger partial charge in [-0.25, -0.2) is 9.97 Å². The minimum atomic E-state index is -0.190. The first-order valence-electron chi connectivity index (χ1n) is 8.62. The molecule has 3 aromatic heterocycles. The van der Waals surface area contributed by atoms with E-state index in [2.05, 4.69) is 15.0 Å². The number of aromatic amines is 1. The standard InChI is InChI=1S/C20H16N4O2S/c25-10-12-8-16(27-11-12)18-17-14(9-24(18)20-21-6-3-7-22-20)19(26)13-4-1-2-5-15(13)23-17/h1-8,11,18,25H,9-10H2,(H,23,26). The molecule has 0 amide bonds. The van der Waals surface area contributed by atoms with E-state index in [1.165, 1.54) is 0 Å². The van der Waals surface area contributed by atoms with Gasteiger partial charge >= 0.3 is 0 Å². The second kappa shape index (κ2) is 6.29. The fourth-order valence-corrected chi connectivity index (χ4v) is 4.67. The van der Waals surface area contributed by atoms with Crippen LogP contribution < -0.4 is 10.3 Å². The maximum absolute atomic E-state index is 13.1. The Bertz CT molecular complexity index is 1190. The van der Waals surface area contributed by atoms with Gasteiger partial charge in [-0.1, -0.05) is 12.1 Å². The third kappa shape index (κ3) is 2.55. The summed E-state index contributed by atoms with van der Waals surface area (Å²) < 4.78 is 0. The van der Waals surface area contributed by atoms with Crippen molar-refractivity contribution in [3.8, 4) is 0 Å². The molecule has 1 unspecified atom stereocenters. The highest BCUT2D eigenvalue weighted by molar-refractivity contribution is 7.10. The second-order valence-corrected chi connectivity index (χ2v) is 7.43. The number of H-pyrrole nitrogens is 1. The minimum Gasteiger partial charge on any atom is -0.392 e. The van der Waals surface area contributed by atoms with Crippen molar-refractivity contribution in [3.05, 3.63) is 86.1 Å². The van der Waals surface area contributed by atoms with Crippen molar-refractivity contribution in [2.75, 3.05) is 4.90 Å². The first-order chi connectivity index (χ1) is 13.3. The molecule has 7 heteroatoms. The average Bonchev–Trinajstić information content (AvgIpc) is 3.33. The molecule has 0 aliphatic carbocycles. The van der Waals surface area contributed by atoms with Gasteiger partial charge in [-0.05, 0) is 35.2 Å². The number of thiophene rings is 1. The van der Waals surface area contributed by atoms with Gasteiger partial charge in [-0.2, -0.15) is 0 Å². The molecule has 0 bridgehead atoms. The number of benzene rings is 1. The number of anilines is 1. The van der Waals surface area contributed by atoms with Gasteiger partial charge in [0.05, 0.1) is 18.8 Å². The smallest absolute Gasteiger partial charge is 0.226 e. The third-order valence-corrected chi connectivity index (χ3v) is 5.92. The van der Waals surface area contributed by atoms with Crippen LogP contribution in [0.4, 0.5) is 5.95 Å². The molecule has 6 nitrogen and oxygen atoms in total. The van der Waals surface area contributed by atoms with E-state index in [1.54, 1.807) is 29.8 Å². The van der Waals surface area contributed by atoms with E-state index in [0.29, 0.717) is 17.9 Å². The van der Waals surface area contributed by atoms with E-state index in [9.17, 15) is 9.90 Å². The monoisotopic (exact) mass is 376 g/mol. The Labute approximate surface area is 158 Å². The lowest BCUT2D eigenvalue weighted by molar-refractivity contribution is 0.282. The van der Waals surface area contributed by atoms with Crippen molar-refractivity contribution in [1.29, 1.82) is 0 Å². The Morgan fingerprint density at radius 3 is 2.81 bits per heavy atom. The van der Waals surface area contributed by atoms with E-state index in [4.69, 9.17) is 0 Å². The molecule has 2 N–H and O–H groups in total. The van der Waals surface area contributed by atoms with E-state index >= 15 is 0 Å². The molecule has 134 valence electrons. The predicted octanol–water partition coefficient (Wildman–Crippen LogP) is 2.98. The fraction of sp³-hybridized carbons (Fsp3) is 0.150. The minimum absolute atomic E-state index is 0.00778. The van der Waals surface area contributed by atoms with Gasteiger partial charge in [0, 0.05) is 33.7 Å². The maximum atomic E-state index is 13.1. The SMILES string of the molecule is O=c1c2c([nH]c3ccccc13)C(c1cc(CO)cs1)N(c1ncccn1)C2. The summed E-state index contributed by atoms with van der Waals surface area (Å²) in [4.78, 5) is 28.5. The van der Waals surface area contributed by atoms with Crippen LogP contribution in [0, 0.1) is 0 Å². The molecule has 0 fully saturated rings. The molecule has 5 rings (SSSR count). The van der Waals surface area contributed by atoms with Gasteiger partial charge in [0.25, 0.3) is 0 Å². The van der Waals surface area contributed by atoms with Crippen LogP contribution in [0.25, 0.3) is 10.9 Å². The van der Waals surface area contributed by atoms with Crippen LogP contribution >= 0.6 is 11.3 Å². The zero-order valence-electron chi connectivity index (χ0n) is 14.3. The number of aliphatic hydroxyl groups is 1. The summed E-state index contributed by atoms with van der Waals surface area (Å²) in [6.07, 6.45) is 3.41. The van der Waals surface area contributed by atoms with Gasteiger partial charge in [0.15, 0.2) is 5.43 Å². The molecule has 0 spiro atoms. The number of pyridine rings is 1. The number of aliphatic hydroxyl groups excluding tert-OH is 1. The van der Waals surface area contributed by atoms with Crippen LogP contribution in [0.2, 0.25) is 0 Å². The first-order valence-corrected chi connectivity index (χ1v) is 9.50. The quantitative estimate of drug-likeness (QED) is 0.574. The average molecular weight is 376 g/mol. The molecule has 0 saturated heterocycles. The molecule has 1 aromatic carbocycles. The summed E-state index contributed by atoms with van der Waals surface area (Å²) in [5.41, 5.74) is 3.34. The second-order valence-electron chi connectivity index (χ2n) is 6.49. The number of nitrogens with one attached hydrogen (secondary N) is 1. The summed E-state index contributed by atoms with van der Waals surface area (Å²) in [6.45, 7) is 0.433. The highest BCUT2D eigenvalue weighted by atomic mass is 32.1. The maximum Gasteiger partial charge on any atom is 0.226 e. The molecule has 27 heavy (non-hydrogen) atoms.